The summed E-state index contributed by atoms with van der Waals surface area (Å²) in [5.41, 5.74) is 3.39. The van der Waals surface area contributed by atoms with Crippen molar-refractivity contribution in [1.29, 1.82) is 0 Å². The van der Waals surface area contributed by atoms with Crippen molar-refractivity contribution in [3.8, 4) is 11.1 Å². The fraction of sp³-hybridized carbons (Fsp3) is 0.212. The number of hydrogen-bond acceptors (Lipinski definition) is 3. The van der Waals surface area contributed by atoms with Crippen LogP contribution in [0, 0.1) is 5.92 Å². The molecule has 4 aromatic rings. The molecule has 0 unspecified atom stereocenters. The van der Waals surface area contributed by atoms with E-state index in [9.17, 15) is 22.8 Å². The zero-order valence-electron chi connectivity index (χ0n) is 22.3. The Morgan fingerprint density at radius 3 is 2.07 bits per heavy atom. The molecule has 0 atom stereocenters. The number of hydrogen-bond donors (Lipinski definition) is 2. The molecular formula is C33H30F3N3O2. The van der Waals surface area contributed by atoms with Gasteiger partial charge in [-0.3, -0.25) is 9.59 Å². The van der Waals surface area contributed by atoms with Crippen LogP contribution in [0.2, 0.25) is 0 Å². The molecule has 1 heterocycles. The van der Waals surface area contributed by atoms with Gasteiger partial charge in [0.2, 0.25) is 5.91 Å². The van der Waals surface area contributed by atoms with Crippen molar-refractivity contribution >= 4 is 23.2 Å². The fourth-order valence-corrected chi connectivity index (χ4v) is 5.05. The highest BCUT2D eigenvalue weighted by Gasteiger charge is 2.30. The first-order valence-corrected chi connectivity index (χ1v) is 13.5. The molecule has 2 amide bonds. The van der Waals surface area contributed by atoms with Crippen molar-refractivity contribution in [1.82, 2.24) is 5.32 Å². The molecule has 1 saturated heterocycles. The normalized spacial score (nSPS) is 14.0. The molecule has 0 spiro atoms. The molecule has 5 nitrogen and oxygen atoms in total. The Morgan fingerprint density at radius 2 is 1.41 bits per heavy atom. The Labute approximate surface area is 237 Å². The van der Waals surface area contributed by atoms with Crippen LogP contribution < -0.4 is 15.5 Å². The molecule has 0 saturated carbocycles. The van der Waals surface area contributed by atoms with E-state index in [-0.39, 0.29) is 17.7 Å². The third-order valence-electron chi connectivity index (χ3n) is 7.36. The summed E-state index contributed by atoms with van der Waals surface area (Å²) in [6.07, 6.45) is -2.89. The summed E-state index contributed by atoms with van der Waals surface area (Å²) >= 11 is 0. The average molecular weight is 558 g/mol. The van der Waals surface area contributed by atoms with Crippen LogP contribution in [-0.2, 0) is 17.5 Å². The van der Waals surface area contributed by atoms with Gasteiger partial charge < -0.3 is 15.5 Å². The fourth-order valence-electron chi connectivity index (χ4n) is 5.05. The van der Waals surface area contributed by atoms with Gasteiger partial charge in [0.25, 0.3) is 5.91 Å². The van der Waals surface area contributed by atoms with E-state index < -0.39 is 11.7 Å². The number of benzene rings is 4. The topological polar surface area (TPSA) is 61.4 Å². The summed E-state index contributed by atoms with van der Waals surface area (Å²) in [5, 5.41) is 5.94. The Balaban J connectivity index is 1.17. The van der Waals surface area contributed by atoms with Gasteiger partial charge in [0.1, 0.15) is 0 Å². The van der Waals surface area contributed by atoms with Crippen LogP contribution >= 0.6 is 0 Å². The lowest BCUT2D eigenvalue weighted by atomic mass is 9.95. The molecule has 5 rings (SSSR count). The Kier molecular flexibility index (Phi) is 8.38. The molecule has 210 valence electrons. The van der Waals surface area contributed by atoms with E-state index in [1.54, 1.807) is 24.3 Å². The second-order valence-electron chi connectivity index (χ2n) is 10.1. The zero-order valence-corrected chi connectivity index (χ0v) is 22.3. The van der Waals surface area contributed by atoms with E-state index in [0.29, 0.717) is 28.9 Å². The van der Waals surface area contributed by atoms with E-state index in [1.807, 2.05) is 54.6 Å². The van der Waals surface area contributed by atoms with Gasteiger partial charge in [0.05, 0.1) is 5.56 Å². The van der Waals surface area contributed by atoms with Gasteiger partial charge in [-0.25, -0.2) is 0 Å². The standard InChI is InChI=1S/C33H30F3N3O2/c34-33(35,36)26-12-10-24(11-13-26)29-8-4-5-9-30(29)32(41)38-27-14-16-28(17-15-27)39-20-18-25(19-21-39)31(40)37-22-23-6-2-1-3-7-23/h1-17,25H,18-22H2,(H,37,40)(H,38,41). The number of carbonyl (C=O) groups is 2. The number of alkyl halides is 3. The number of carbonyl (C=O) groups excluding carboxylic acids is 2. The molecule has 8 heteroatoms. The lowest BCUT2D eigenvalue weighted by Gasteiger charge is -2.33. The van der Waals surface area contributed by atoms with Crippen molar-refractivity contribution in [2.75, 3.05) is 23.3 Å². The van der Waals surface area contributed by atoms with Gasteiger partial charge in [-0.05, 0) is 72.0 Å². The molecule has 0 bridgehead atoms. The van der Waals surface area contributed by atoms with Crippen LogP contribution in [0.25, 0.3) is 11.1 Å². The third-order valence-corrected chi connectivity index (χ3v) is 7.36. The van der Waals surface area contributed by atoms with Gasteiger partial charge >= 0.3 is 6.18 Å². The minimum absolute atomic E-state index is 0.0155. The largest absolute Gasteiger partial charge is 0.416 e. The molecule has 1 fully saturated rings. The second-order valence-corrected chi connectivity index (χ2v) is 10.1. The van der Waals surface area contributed by atoms with Gasteiger partial charge in [-0.15, -0.1) is 0 Å². The highest BCUT2D eigenvalue weighted by molar-refractivity contribution is 6.08. The lowest BCUT2D eigenvalue weighted by molar-refractivity contribution is -0.137. The Bertz CT molecular complexity index is 1480. The summed E-state index contributed by atoms with van der Waals surface area (Å²) in [7, 11) is 0. The maximum atomic E-state index is 13.1. The van der Waals surface area contributed by atoms with E-state index in [4.69, 9.17) is 0 Å². The van der Waals surface area contributed by atoms with Crippen LogP contribution in [0.3, 0.4) is 0 Å². The maximum Gasteiger partial charge on any atom is 0.416 e. The zero-order chi connectivity index (χ0) is 28.8. The van der Waals surface area contributed by atoms with E-state index in [1.165, 1.54) is 12.1 Å². The Morgan fingerprint density at radius 1 is 0.780 bits per heavy atom. The van der Waals surface area contributed by atoms with Gasteiger partial charge in [0, 0.05) is 42.5 Å². The molecule has 0 aromatic heterocycles. The van der Waals surface area contributed by atoms with Crippen molar-refractivity contribution in [2.45, 2.75) is 25.6 Å². The predicted molar refractivity (Wildman–Crippen MR) is 155 cm³/mol. The first-order chi connectivity index (χ1) is 19.8. The maximum absolute atomic E-state index is 13.1. The Hall–Kier alpha value is -4.59. The molecule has 41 heavy (non-hydrogen) atoms. The van der Waals surface area contributed by atoms with Gasteiger partial charge in [-0.2, -0.15) is 13.2 Å². The van der Waals surface area contributed by atoms with Crippen molar-refractivity contribution in [3.63, 3.8) is 0 Å². The minimum Gasteiger partial charge on any atom is -0.371 e. The molecule has 4 aromatic carbocycles. The number of nitrogens with one attached hydrogen (secondary N) is 2. The van der Waals surface area contributed by atoms with Crippen LogP contribution in [-0.4, -0.2) is 24.9 Å². The van der Waals surface area contributed by atoms with Crippen molar-refractivity contribution in [3.05, 3.63) is 120 Å². The molecule has 1 aliphatic heterocycles. The van der Waals surface area contributed by atoms with Crippen LogP contribution in [0.5, 0.6) is 0 Å². The van der Waals surface area contributed by atoms with Crippen molar-refractivity contribution < 1.29 is 22.8 Å². The molecule has 1 aliphatic rings. The number of anilines is 2. The first kappa shape index (κ1) is 28.0. The monoisotopic (exact) mass is 557 g/mol. The SMILES string of the molecule is O=C(Nc1ccc(N2CCC(C(=O)NCc3ccccc3)CC2)cc1)c1ccccc1-c1ccc(C(F)(F)F)cc1. The summed E-state index contributed by atoms with van der Waals surface area (Å²) in [5.74, 6) is -0.281. The summed E-state index contributed by atoms with van der Waals surface area (Å²) < 4.78 is 38.9. The van der Waals surface area contributed by atoms with E-state index >= 15 is 0 Å². The van der Waals surface area contributed by atoms with Crippen molar-refractivity contribution in [2.24, 2.45) is 5.92 Å². The lowest BCUT2D eigenvalue weighted by Crippen LogP contribution is -2.40. The molecule has 0 radical (unpaired) electrons. The predicted octanol–water partition coefficient (Wildman–Crippen LogP) is 7.16. The smallest absolute Gasteiger partial charge is 0.371 e. The number of amides is 2. The number of piperidine rings is 1. The van der Waals surface area contributed by atoms with E-state index in [0.717, 1.165) is 49.3 Å². The molecule has 0 aliphatic carbocycles. The first-order valence-electron chi connectivity index (χ1n) is 13.5. The second kappa shape index (κ2) is 12.3. The molecule has 2 N–H and O–H groups in total. The number of halogens is 3. The summed E-state index contributed by atoms with van der Waals surface area (Å²) in [4.78, 5) is 28.0. The van der Waals surface area contributed by atoms with Crippen LogP contribution in [0.1, 0.15) is 34.3 Å². The van der Waals surface area contributed by atoms with Gasteiger partial charge in [-0.1, -0.05) is 60.7 Å². The molecular weight excluding hydrogens is 527 g/mol. The third kappa shape index (κ3) is 6.95. The average Bonchev–Trinajstić information content (AvgIpc) is 3.00. The highest BCUT2D eigenvalue weighted by atomic mass is 19.4. The number of nitrogens with zero attached hydrogens (tertiary/aromatic N) is 1. The highest BCUT2D eigenvalue weighted by Crippen LogP contribution is 2.32. The summed E-state index contributed by atoms with van der Waals surface area (Å²) in [6, 6.07) is 29.0. The van der Waals surface area contributed by atoms with E-state index in [2.05, 4.69) is 15.5 Å². The number of rotatable bonds is 7. The van der Waals surface area contributed by atoms with Crippen LogP contribution in [0.15, 0.2) is 103 Å². The van der Waals surface area contributed by atoms with Gasteiger partial charge in [0.15, 0.2) is 0 Å². The summed E-state index contributed by atoms with van der Waals surface area (Å²) in [6.45, 7) is 2.05. The van der Waals surface area contributed by atoms with Crippen LogP contribution in [0.4, 0.5) is 24.5 Å². The quantitative estimate of drug-likeness (QED) is 0.254. The minimum atomic E-state index is -4.42.